The minimum absolute atomic E-state index is 0.160. The van der Waals surface area contributed by atoms with Crippen molar-refractivity contribution in [2.24, 2.45) is 0 Å². The molecule has 2 N–H and O–H groups in total. The molecule has 1 aliphatic heterocycles. The monoisotopic (exact) mass is 355 g/mol. The first kappa shape index (κ1) is 16.2. The van der Waals surface area contributed by atoms with Crippen LogP contribution in [0.1, 0.15) is 16.8 Å². The number of fused-ring (bicyclic) bond motifs is 1. The van der Waals surface area contributed by atoms with Gasteiger partial charge in [0.25, 0.3) is 0 Å². The van der Waals surface area contributed by atoms with Crippen molar-refractivity contribution in [1.82, 2.24) is 9.78 Å². The number of hydrogen-bond acceptors (Lipinski definition) is 6. The fourth-order valence-corrected chi connectivity index (χ4v) is 2.82. The molecule has 2 heterocycles. The molecule has 4 rings (SSSR count). The highest BCUT2D eigenvalue weighted by Gasteiger charge is 2.20. The SMILES string of the molecule is N#C/C(=C\c1ccc2c(c1)OCO2)c1nn(-c2ccccc2)c(N)c1C#N. The Morgan fingerprint density at radius 2 is 1.89 bits per heavy atom. The highest BCUT2D eigenvalue weighted by atomic mass is 16.7. The molecular formula is C20H13N5O2. The van der Waals surface area contributed by atoms with E-state index in [-0.39, 0.29) is 29.4 Å². The van der Waals surface area contributed by atoms with Crippen LogP contribution in [0.15, 0.2) is 48.5 Å². The molecule has 0 amide bonds. The van der Waals surface area contributed by atoms with Gasteiger partial charge in [-0.15, -0.1) is 0 Å². The minimum Gasteiger partial charge on any atom is -0.454 e. The maximum absolute atomic E-state index is 9.65. The van der Waals surface area contributed by atoms with E-state index in [9.17, 15) is 10.5 Å². The normalized spacial score (nSPS) is 12.4. The Bertz CT molecular complexity index is 1130. The first-order chi connectivity index (χ1) is 13.2. The molecule has 1 aromatic heterocycles. The number of ether oxygens (including phenoxy) is 2. The molecule has 7 nitrogen and oxygen atoms in total. The second-order valence-electron chi connectivity index (χ2n) is 5.75. The average molecular weight is 355 g/mol. The summed E-state index contributed by atoms with van der Waals surface area (Å²) in [5.41, 5.74) is 8.17. The number of benzene rings is 2. The van der Waals surface area contributed by atoms with Crippen LogP contribution in [0.5, 0.6) is 11.5 Å². The van der Waals surface area contributed by atoms with Crippen LogP contribution >= 0.6 is 0 Å². The largest absolute Gasteiger partial charge is 0.454 e. The lowest BCUT2D eigenvalue weighted by Crippen LogP contribution is -2.02. The molecule has 0 spiro atoms. The van der Waals surface area contributed by atoms with E-state index in [1.165, 1.54) is 4.68 Å². The van der Waals surface area contributed by atoms with Gasteiger partial charge < -0.3 is 15.2 Å². The maximum atomic E-state index is 9.65. The van der Waals surface area contributed by atoms with E-state index in [2.05, 4.69) is 17.2 Å². The molecule has 0 radical (unpaired) electrons. The molecule has 130 valence electrons. The number of hydrogen-bond donors (Lipinski definition) is 1. The van der Waals surface area contributed by atoms with Gasteiger partial charge in [0.05, 0.1) is 11.3 Å². The smallest absolute Gasteiger partial charge is 0.231 e. The van der Waals surface area contributed by atoms with Crippen molar-refractivity contribution in [3.05, 3.63) is 65.4 Å². The summed E-state index contributed by atoms with van der Waals surface area (Å²) < 4.78 is 12.1. The van der Waals surface area contributed by atoms with Crippen LogP contribution in [0.3, 0.4) is 0 Å². The van der Waals surface area contributed by atoms with Crippen LogP contribution in [0.4, 0.5) is 5.82 Å². The number of aromatic nitrogens is 2. The molecule has 0 fully saturated rings. The summed E-state index contributed by atoms with van der Waals surface area (Å²) >= 11 is 0. The van der Waals surface area contributed by atoms with Gasteiger partial charge in [-0.2, -0.15) is 15.6 Å². The van der Waals surface area contributed by atoms with Crippen LogP contribution < -0.4 is 15.2 Å². The van der Waals surface area contributed by atoms with Crippen LogP contribution in [0, 0.1) is 22.7 Å². The fourth-order valence-electron chi connectivity index (χ4n) is 2.82. The second kappa shape index (κ2) is 6.58. The van der Waals surface area contributed by atoms with Crippen LogP contribution in [-0.4, -0.2) is 16.6 Å². The van der Waals surface area contributed by atoms with Gasteiger partial charge >= 0.3 is 0 Å². The van der Waals surface area contributed by atoms with E-state index < -0.39 is 0 Å². The number of anilines is 1. The van der Waals surface area contributed by atoms with Crippen molar-refractivity contribution in [1.29, 1.82) is 10.5 Å². The van der Waals surface area contributed by atoms with Crippen molar-refractivity contribution in [3.63, 3.8) is 0 Å². The lowest BCUT2D eigenvalue weighted by molar-refractivity contribution is 0.174. The Balaban J connectivity index is 1.81. The first-order valence-electron chi connectivity index (χ1n) is 8.07. The van der Waals surface area contributed by atoms with E-state index in [0.29, 0.717) is 17.2 Å². The van der Waals surface area contributed by atoms with E-state index >= 15 is 0 Å². The molecule has 0 unspecified atom stereocenters. The number of nitriles is 2. The van der Waals surface area contributed by atoms with E-state index in [1.807, 2.05) is 30.3 Å². The summed E-state index contributed by atoms with van der Waals surface area (Å²) in [7, 11) is 0. The molecule has 0 saturated carbocycles. The highest BCUT2D eigenvalue weighted by molar-refractivity contribution is 5.91. The van der Waals surface area contributed by atoms with Crippen molar-refractivity contribution in [2.75, 3.05) is 12.5 Å². The lowest BCUT2D eigenvalue weighted by Gasteiger charge is -2.02. The Morgan fingerprint density at radius 3 is 2.63 bits per heavy atom. The van der Waals surface area contributed by atoms with Crippen molar-refractivity contribution in [3.8, 4) is 29.3 Å². The maximum Gasteiger partial charge on any atom is 0.231 e. The summed E-state index contributed by atoms with van der Waals surface area (Å²) in [5.74, 6) is 1.45. The molecule has 3 aromatic rings. The second-order valence-corrected chi connectivity index (χ2v) is 5.75. The topological polar surface area (TPSA) is 110 Å². The molecule has 1 aliphatic rings. The van der Waals surface area contributed by atoms with Crippen molar-refractivity contribution >= 4 is 17.5 Å². The van der Waals surface area contributed by atoms with Crippen LogP contribution in [0.25, 0.3) is 17.3 Å². The van der Waals surface area contributed by atoms with Gasteiger partial charge in [-0.25, -0.2) is 4.68 Å². The third-order valence-corrected chi connectivity index (χ3v) is 4.12. The summed E-state index contributed by atoms with van der Waals surface area (Å²) in [4.78, 5) is 0. The van der Waals surface area contributed by atoms with E-state index in [0.717, 1.165) is 5.56 Å². The summed E-state index contributed by atoms with van der Waals surface area (Å²) in [5, 5.41) is 23.6. The van der Waals surface area contributed by atoms with Gasteiger partial charge in [-0.1, -0.05) is 24.3 Å². The Morgan fingerprint density at radius 1 is 1.11 bits per heavy atom. The standard InChI is InChI=1S/C20H13N5O2/c21-10-14(8-13-6-7-17-18(9-13)27-12-26-17)19-16(11-22)20(23)25(24-19)15-4-2-1-3-5-15/h1-9H,12,23H2/b14-8+. The number of para-hydroxylation sites is 1. The molecule has 0 aliphatic carbocycles. The zero-order valence-corrected chi connectivity index (χ0v) is 14.1. The number of nitrogen functional groups attached to an aromatic ring is 1. The molecule has 7 heteroatoms. The molecular weight excluding hydrogens is 342 g/mol. The average Bonchev–Trinajstić information content (AvgIpc) is 3.30. The number of nitrogens with zero attached hydrogens (tertiary/aromatic N) is 4. The van der Waals surface area contributed by atoms with Gasteiger partial charge in [0, 0.05) is 0 Å². The van der Waals surface area contributed by atoms with Crippen molar-refractivity contribution < 1.29 is 9.47 Å². The predicted octanol–water partition coefficient (Wildman–Crippen LogP) is 3.12. The van der Waals surface area contributed by atoms with Gasteiger partial charge in [0.2, 0.25) is 6.79 Å². The Kier molecular flexibility index (Phi) is 3.96. The molecule has 2 aromatic carbocycles. The van der Waals surface area contributed by atoms with Gasteiger partial charge in [0.15, 0.2) is 11.5 Å². The summed E-state index contributed by atoms with van der Waals surface area (Å²) in [6, 6.07) is 18.7. The first-order valence-corrected chi connectivity index (χ1v) is 8.07. The Labute approximate surface area is 155 Å². The quantitative estimate of drug-likeness (QED) is 0.723. The van der Waals surface area contributed by atoms with Crippen LogP contribution in [-0.2, 0) is 0 Å². The zero-order chi connectivity index (χ0) is 18.8. The van der Waals surface area contributed by atoms with Gasteiger partial charge in [-0.05, 0) is 35.9 Å². The molecule has 27 heavy (non-hydrogen) atoms. The van der Waals surface area contributed by atoms with Gasteiger partial charge in [-0.3, -0.25) is 0 Å². The number of rotatable bonds is 3. The van der Waals surface area contributed by atoms with Crippen LogP contribution in [0.2, 0.25) is 0 Å². The minimum atomic E-state index is 0.160. The predicted molar refractivity (Wildman–Crippen MR) is 98.7 cm³/mol. The van der Waals surface area contributed by atoms with E-state index in [4.69, 9.17) is 15.2 Å². The highest BCUT2D eigenvalue weighted by Crippen LogP contribution is 2.34. The van der Waals surface area contributed by atoms with E-state index in [1.54, 1.807) is 24.3 Å². The lowest BCUT2D eigenvalue weighted by atomic mass is 10.1. The summed E-state index contributed by atoms with van der Waals surface area (Å²) in [6.07, 6.45) is 1.64. The number of allylic oxidation sites excluding steroid dienone is 1. The molecule has 0 saturated heterocycles. The number of nitrogens with two attached hydrogens (primary N) is 1. The molecule has 0 bridgehead atoms. The zero-order valence-electron chi connectivity index (χ0n) is 14.1. The fraction of sp³-hybridized carbons (Fsp3) is 0.0500. The van der Waals surface area contributed by atoms with Gasteiger partial charge in [0.1, 0.15) is 29.2 Å². The Hall–Kier alpha value is -4.23. The third-order valence-electron chi connectivity index (χ3n) is 4.12. The van der Waals surface area contributed by atoms with Crippen molar-refractivity contribution in [2.45, 2.75) is 0 Å². The summed E-state index contributed by atoms with van der Waals surface area (Å²) in [6.45, 7) is 0.171. The molecule has 0 atom stereocenters. The third kappa shape index (κ3) is 2.84.